The van der Waals surface area contributed by atoms with Gasteiger partial charge in [0.25, 0.3) is 5.91 Å². The molecule has 1 heterocycles. The molecule has 3 rings (SSSR count). The number of nitrogens with one attached hydrogen (secondary N) is 3. The molecular weight excluding hydrogens is 368 g/mol. The van der Waals surface area contributed by atoms with E-state index in [1.165, 1.54) is 0 Å². The smallest absolute Gasteiger partial charge is 0.407 e. The molecule has 0 saturated heterocycles. The molecule has 148 valence electrons. The van der Waals surface area contributed by atoms with Crippen molar-refractivity contribution in [1.29, 1.82) is 0 Å². The lowest BCUT2D eigenvalue weighted by Crippen LogP contribution is -2.23. The van der Waals surface area contributed by atoms with Crippen molar-refractivity contribution in [1.82, 2.24) is 10.3 Å². The van der Waals surface area contributed by atoms with Crippen molar-refractivity contribution in [2.24, 2.45) is 0 Å². The first kappa shape index (κ1) is 19.9. The van der Waals surface area contributed by atoms with Crippen molar-refractivity contribution in [3.05, 3.63) is 89.7 Å². The minimum Gasteiger partial charge on any atom is -0.445 e. The predicted molar refractivity (Wildman–Crippen MR) is 112 cm³/mol. The summed E-state index contributed by atoms with van der Waals surface area (Å²) in [4.78, 5) is 28.2. The van der Waals surface area contributed by atoms with E-state index in [4.69, 9.17) is 4.74 Å². The second-order valence-corrected chi connectivity index (χ2v) is 6.24. The third-order valence-electron chi connectivity index (χ3n) is 4.18. The Morgan fingerprint density at radius 3 is 2.48 bits per heavy atom. The van der Waals surface area contributed by atoms with Crippen LogP contribution in [0, 0.1) is 0 Å². The highest BCUT2D eigenvalue weighted by Crippen LogP contribution is 2.17. The van der Waals surface area contributed by atoms with Gasteiger partial charge in [-0.1, -0.05) is 30.3 Å². The van der Waals surface area contributed by atoms with Crippen LogP contribution in [0.3, 0.4) is 0 Å². The average molecular weight is 390 g/mol. The topological polar surface area (TPSA) is 92.4 Å². The number of hydrogen-bond donors (Lipinski definition) is 3. The first-order valence-electron chi connectivity index (χ1n) is 9.12. The van der Waals surface area contributed by atoms with Gasteiger partial charge in [0.2, 0.25) is 0 Å². The van der Waals surface area contributed by atoms with E-state index in [2.05, 4.69) is 20.9 Å². The fourth-order valence-corrected chi connectivity index (χ4v) is 2.66. The number of pyridine rings is 1. The molecule has 1 aromatic heterocycles. The lowest BCUT2D eigenvalue weighted by molar-refractivity contribution is 0.102. The first-order chi connectivity index (χ1) is 14.2. The summed E-state index contributed by atoms with van der Waals surface area (Å²) in [6.07, 6.45) is 2.81. The Bertz CT molecular complexity index is 959. The van der Waals surface area contributed by atoms with Gasteiger partial charge in [0.1, 0.15) is 6.61 Å². The number of carbonyl (C=O) groups is 2. The lowest BCUT2D eigenvalue weighted by atomic mass is 10.1. The third-order valence-corrected chi connectivity index (χ3v) is 4.18. The fourth-order valence-electron chi connectivity index (χ4n) is 2.66. The summed E-state index contributed by atoms with van der Waals surface area (Å²) >= 11 is 0. The molecule has 0 spiro atoms. The number of para-hydroxylation sites is 1. The maximum Gasteiger partial charge on any atom is 0.407 e. The Morgan fingerprint density at radius 2 is 1.76 bits per heavy atom. The molecule has 0 bridgehead atoms. The van der Waals surface area contributed by atoms with Gasteiger partial charge in [-0.25, -0.2) is 4.79 Å². The van der Waals surface area contributed by atoms with Crippen molar-refractivity contribution in [2.45, 2.75) is 13.2 Å². The maximum atomic E-state index is 12.5. The Balaban J connectivity index is 1.48. The van der Waals surface area contributed by atoms with Gasteiger partial charge < -0.3 is 20.7 Å². The zero-order valence-electron chi connectivity index (χ0n) is 16.0. The zero-order chi connectivity index (χ0) is 20.5. The number of alkyl carbamates (subject to hydrolysis) is 1. The van der Waals surface area contributed by atoms with Crippen LogP contribution < -0.4 is 16.0 Å². The van der Waals surface area contributed by atoms with Crippen molar-refractivity contribution in [3.8, 4) is 0 Å². The second kappa shape index (κ2) is 9.89. The van der Waals surface area contributed by atoms with Gasteiger partial charge >= 0.3 is 6.09 Å². The molecule has 29 heavy (non-hydrogen) atoms. The van der Waals surface area contributed by atoms with Crippen LogP contribution in [-0.2, 0) is 17.9 Å². The minimum absolute atomic E-state index is 0.165. The quantitative estimate of drug-likeness (QED) is 0.571. The molecule has 3 N–H and O–H groups in total. The molecule has 2 amide bonds. The summed E-state index contributed by atoms with van der Waals surface area (Å²) in [6, 6.07) is 18.2. The molecule has 0 aliphatic rings. The highest BCUT2D eigenvalue weighted by atomic mass is 16.5. The summed E-state index contributed by atoms with van der Waals surface area (Å²) in [5.74, 6) is -0.195. The van der Waals surface area contributed by atoms with Gasteiger partial charge in [-0.15, -0.1) is 0 Å². The molecule has 0 aliphatic carbocycles. The summed E-state index contributed by atoms with van der Waals surface area (Å²) in [6.45, 7) is 0.488. The van der Waals surface area contributed by atoms with Gasteiger partial charge in [0, 0.05) is 42.9 Å². The van der Waals surface area contributed by atoms with Crippen LogP contribution in [0.25, 0.3) is 0 Å². The Kier molecular flexibility index (Phi) is 6.78. The van der Waals surface area contributed by atoms with E-state index in [0.29, 0.717) is 17.8 Å². The average Bonchev–Trinajstić information content (AvgIpc) is 2.77. The number of carbonyl (C=O) groups excluding carboxylic acids is 2. The number of anilines is 2. The molecule has 0 unspecified atom stereocenters. The van der Waals surface area contributed by atoms with E-state index in [0.717, 1.165) is 16.8 Å². The van der Waals surface area contributed by atoms with E-state index in [1.54, 1.807) is 43.7 Å². The molecular formula is C22H22N4O3. The number of nitrogens with zero attached hydrogens (tertiary/aromatic N) is 1. The SMILES string of the molecule is CNc1ccccc1C(=O)Nc1ccc(CNC(=O)OCc2cccnc2)cc1. The summed E-state index contributed by atoms with van der Waals surface area (Å²) in [5.41, 5.74) is 3.70. The van der Waals surface area contributed by atoms with E-state index < -0.39 is 6.09 Å². The van der Waals surface area contributed by atoms with Gasteiger partial charge in [-0.05, 0) is 35.9 Å². The standard InChI is InChI=1S/C22H22N4O3/c1-23-20-7-3-2-6-19(20)21(27)26-18-10-8-16(9-11-18)14-25-22(28)29-15-17-5-4-12-24-13-17/h2-13,23H,14-15H2,1H3,(H,25,28)(H,26,27). The Morgan fingerprint density at radius 1 is 0.966 bits per heavy atom. The number of ether oxygens (including phenoxy) is 1. The van der Waals surface area contributed by atoms with E-state index in [9.17, 15) is 9.59 Å². The van der Waals surface area contributed by atoms with E-state index in [-0.39, 0.29) is 12.5 Å². The highest BCUT2D eigenvalue weighted by Gasteiger charge is 2.10. The van der Waals surface area contributed by atoms with Crippen LogP contribution in [0.5, 0.6) is 0 Å². The fraction of sp³-hybridized carbons (Fsp3) is 0.136. The van der Waals surface area contributed by atoms with Gasteiger partial charge in [-0.2, -0.15) is 0 Å². The number of rotatable bonds is 7. The lowest BCUT2D eigenvalue weighted by Gasteiger charge is -2.10. The molecule has 2 aromatic carbocycles. The maximum absolute atomic E-state index is 12.5. The van der Waals surface area contributed by atoms with Gasteiger partial charge in [0.05, 0.1) is 5.56 Å². The van der Waals surface area contributed by atoms with Crippen LogP contribution in [0.2, 0.25) is 0 Å². The highest BCUT2D eigenvalue weighted by molar-refractivity contribution is 6.08. The molecule has 7 heteroatoms. The Hall–Kier alpha value is -3.87. The van der Waals surface area contributed by atoms with Gasteiger partial charge in [0.15, 0.2) is 0 Å². The second-order valence-electron chi connectivity index (χ2n) is 6.24. The minimum atomic E-state index is -0.505. The van der Waals surface area contributed by atoms with Crippen LogP contribution in [0.15, 0.2) is 73.1 Å². The van der Waals surface area contributed by atoms with Gasteiger partial charge in [-0.3, -0.25) is 9.78 Å². The number of benzene rings is 2. The summed E-state index contributed by atoms with van der Waals surface area (Å²) < 4.78 is 5.14. The van der Waals surface area contributed by atoms with Crippen LogP contribution in [0.4, 0.5) is 16.2 Å². The van der Waals surface area contributed by atoms with Crippen molar-refractivity contribution < 1.29 is 14.3 Å². The molecule has 0 aliphatic heterocycles. The summed E-state index contributed by atoms with van der Waals surface area (Å²) in [7, 11) is 1.77. The number of amides is 2. The third kappa shape index (κ3) is 5.80. The number of aromatic nitrogens is 1. The number of hydrogen-bond acceptors (Lipinski definition) is 5. The first-order valence-corrected chi connectivity index (χ1v) is 9.12. The molecule has 7 nitrogen and oxygen atoms in total. The van der Waals surface area contributed by atoms with Crippen molar-refractivity contribution >= 4 is 23.4 Å². The molecule has 0 atom stereocenters. The molecule has 0 saturated carbocycles. The zero-order valence-corrected chi connectivity index (χ0v) is 16.0. The van der Waals surface area contributed by atoms with Crippen molar-refractivity contribution in [3.63, 3.8) is 0 Å². The van der Waals surface area contributed by atoms with Crippen LogP contribution in [-0.4, -0.2) is 24.0 Å². The Labute approximate surface area is 169 Å². The predicted octanol–water partition coefficient (Wildman–Crippen LogP) is 3.80. The van der Waals surface area contributed by atoms with Crippen molar-refractivity contribution in [2.75, 3.05) is 17.7 Å². The molecule has 3 aromatic rings. The molecule has 0 fully saturated rings. The van der Waals surface area contributed by atoms with E-state index >= 15 is 0 Å². The summed E-state index contributed by atoms with van der Waals surface area (Å²) in [5, 5.41) is 8.56. The van der Waals surface area contributed by atoms with Crippen LogP contribution >= 0.6 is 0 Å². The normalized spacial score (nSPS) is 10.1. The van der Waals surface area contributed by atoms with Crippen LogP contribution in [0.1, 0.15) is 21.5 Å². The van der Waals surface area contributed by atoms with E-state index in [1.807, 2.05) is 36.4 Å². The monoisotopic (exact) mass is 390 g/mol. The molecule has 0 radical (unpaired) electrons. The largest absolute Gasteiger partial charge is 0.445 e.